The van der Waals surface area contributed by atoms with Crippen molar-refractivity contribution in [3.8, 4) is 0 Å². The highest BCUT2D eigenvalue weighted by molar-refractivity contribution is 5.89. The second-order valence-corrected chi connectivity index (χ2v) is 7.14. The third-order valence-corrected chi connectivity index (χ3v) is 5.35. The number of nitrogens with one attached hydrogen (secondary N) is 1. The molecule has 2 atom stereocenters. The number of nitrogens with zero attached hydrogens (tertiary/aromatic N) is 2. The Bertz CT molecular complexity index is 1120. The molecule has 0 aliphatic heterocycles. The molecule has 0 bridgehead atoms. The lowest BCUT2D eigenvalue weighted by atomic mass is 10.0. The fraction of sp³-hybridized carbons (Fsp3) is 0.471. The first kappa shape index (κ1) is 14.8. The molecule has 3 aromatic heterocycles. The number of halogens is 1. The van der Waals surface area contributed by atoms with E-state index in [4.69, 9.17) is 10.3 Å². The molecule has 0 amide bonds. The van der Waals surface area contributed by atoms with Crippen LogP contribution >= 0.6 is 0 Å². The van der Waals surface area contributed by atoms with Crippen molar-refractivity contribution < 1.29 is 8.91 Å². The Labute approximate surface area is 140 Å². The lowest BCUT2D eigenvalue weighted by molar-refractivity contribution is 0.428. The van der Waals surface area contributed by atoms with Crippen LogP contribution in [0.15, 0.2) is 20.2 Å². The normalized spacial score (nSPS) is 23.8. The number of fused-ring (bicyclic) bond motifs is 2. The van der Waals surface area contributed by atoms with Crippen molar-refractivity contribution >= 4 is 22.1 Å². The van der Waals surface area contributed by atoms with Gasteiger partial charge in [0.2, 0.25) is 11.1 Å². The average Bonchev–Trinajstić information content (AvgIpc) is 3.21. The minimum Gasteiger partial charge on any atom is -0.360 e. The molecule has 0 aromatic carbocycles. The topological polar surface area (TPSA) is 107 Å². The van der Waals surface area contributed by atoms with Crippen LogP contribution in [0.25, 0.3) is 22.1 Å². The number of H-pyrrole nitrogens is 1. The summed E-state index contributed by atoms with van der Waals surface area (Å²) in [6.07, 6.45) is 4.12. The summed E-state index contributed by atoms with van der Waals surface area (Å²) >= 11 is 0. The van der Waals surface area contributed by atoms with Crippen molar-refractivity contribution in [3.63, 3.8) is 0 Å². The van der Waals surface area contributed by atoms with Gasteiger partial charge in [0.1, 0.15) is 11.5 Å². The Morgan fingerprint density at radius 3 is 2.76 bits per heavy atom. The van der Waals surface area contributed by atoms with Crippen LogP contribution in [-0.4, -0.2) is 20.7 Å². The van der Waals surface area contributed by atoms with Crippen LogP contribution in [0.1, 0.15) is 49.8 Å². The summed E-state index contributed by atoms with van der Waals surface area (Å²) in [6.45, 7) is 0. The highest BCUT2D eigenvalue weighted by Gasteiger charge is 2.32. The maximum absolute atomic E-state index is 14.7. The van der Waals surface area contributed by atoms with E-state index in [2.05, 4.69) is 10.1 Å². The summed E-state index contributed by atoms with van der Waals surface area (Å²) < 4.78 is 21.7. The van der Waals surface area contributed by atoms with E-state index >= 15 is 0 Å². The Morgan fingerprint density at radius 1 is 1.28 bits per heavy atom. The molecule has 0 spiro atoms. The number of nitrogens with two attached hydrogens (primary N) is 1. The first-order valence-electron chi connectivity index (χ1n) is 8.56. The molecule has 8 heteroatoms. The van der Waals surface area contributed by atoms with Crippen molar-refractivity contribution in [1.82, 2.24) is 14.7 Å². The molecular weight excluding hydrogens is 327 g/mol. The van der Waals surface area contributed by atoms with Crippen molar-refractivity contribution in [2.45, 2.75) is 50.1 Å². The van der Waals surface area contributed by atoms with Gasteiger partial charge in [-0.3, -0.25) is 14.2 Å². The van der Waals surface area contributed by atoms with Gasteiger partial charge in [-0.2, -0.15) is 5.16 Å². The molecule has 0 radical (unpaired) electrons. The molecule has 7 nitrogen and oxygen atoms in total. The highest BCUT2D eigenvalue weighted by Crippen LogP contribution is 2.40. The number of pyridine rings is 2. The van der Waals surface area contributed by atoms with Gasteiger partial charge >= 0.3 is 0 Å². The van der Waals surface area contributed by atoms with E-state index in [0.717, 1.165) is 25.7 Å². The van der Waals surface area contributed by atoms with Gasteiger partial charge in [0.25, 0.3) is 5.56 Å². The maximum atomic E-state index is 14.7. The zero-order valence-corrected chi connectivity index (χ0v) is 13.4. The van der Waals surface area contributed by atoms with E-state index in [1.165, 1.54) is 6.07 Å². The van der Waals surface area contributed by atoms with Crippen molar-refractivity contribution in [3.05, 3.63) is 38.2 Å². The van der Waals surface area contributed by atoms with E-state index in [0.29, 0.717) is 17.8 Å². The van der Waals surface area contributed by atoms with Gasteiger partial charge in [0, 0.05) is 18.0 Å². The Kier molecular flexibility index (Phi) is 2.97. The van der Waals surface area contributed by atoms with Gasteiger partial charge in [0.15, 0.2) is 5.39 Å². The molecule has 2 fully saturated rings. The molecule has 25 heavy (non-hydrogen) atoms. The predicted molar refractivity (Wildman–Crippen MR) is 89.2 cm³/mol. The molecular formula is C17H17FN4O3. The quantitative estimate of drug-likeness (QED) is 0.738. The third kappa shape index (κ3) is 2.10. The number of aromatic nitrogens is 3. The summed E-state index contributed by atoms with van der Waals surface area (Å²) in [5.74, 6) is -0.554. The molecule has 2 aliphatic carbocycles. The second-order valence-electron chi connectivity index (χ2n) is 7.14. The Hall–Kier alpha value is -2.48. The standard InChI is InChI=1S/C17H17FN4O3/c18-11-6-10-14(23)12-16(24)21-25-17(12)22(9-3-4-9)15(10)20-13(11)7-1-2-8(19)5-7/h6-9H,1-5,19H2,(H,21,24). The van der Waals surface area contributed by atoms with Gasteiger partial charge in [-0.1, -0.05) is 0 Å². The van der Waals surface area contributed by atoms with E-state index in [1.54, 1.807) is 4.57 Å². The summed E-state index contributed by atoms with van der Waals surface area (Å²) in [7, 11) is 0. The van der Waals surface area contributed by atoms with Crippen LogP contribution in [0.4, 0.5) is 4.39 Å². The fourth-order valence-corrected chi connectivity index (χ4v) is 3.96. The van der Waals surface area contributed by atoms with E-state index in [9.17, 15) is 14.0 Å². The van der Waals surface area contributed by atoms with Crippen molar-refractivity contribution in [2.24, 2.45) is 5.73 Å². The summed E-state index contributed by atoms with van der Waals surface area (Å²) in [5.41, 5.74) is 5.75. The highest BCUT2D eigenvalue weighted by atomic mass is 19.1. The summed E-state index contributed by atoms with van der Waals surface area (Å²) in [4.78, 5) is 29.2. The van der Waals surface area contributed by atoms with E-state index in [1.807, 2.05) is 0 Å². The van der Waals surface area contributed by atoms with E-state index in [-0.39, 0.29) is 34.5 Å². The number of rotatable bonds is 2. The summed E-state index contributed by atoms with van der Waals surface area (Å²) in [6, 6.07) is 1.38. The molecule has 5 rings (SSSR count). The van der Waals surface area contributed by atoms with Crippen molar-refractivity contribution in [2.75, 3.05) is 0 Å². The minimum atomic E-state index is -0.595. The number of aromatic amines is 1. The summed E-state index contributed by atoms with van der Waals surface area (Å²) in [5, 5.41) is 2.26. The predicted octanol–water partition coefficient (Wildman–Crippen LogP) is 1.90. The van der Waals surface area contributed by atoms with Crippen molar-refractivity contribution in [1.29, 1.82) is 0 Å². The van der Waals surface area contributed by atoms with Crippen LogP contribution < -0.4 is 16.7 Å². The minimum absolute atomic E-state index is 0.0453. The largest absolute Gasteiger partial charge is 0.360 e. The zero-order valence-electron chi connectivity index (χ0n) is 13.4. The second kappa shape index (κ2) is 5.01. The van der Waals surface area contributed by atoms with Crippen LogP contribution in [-0.2, 0) is 0 Å². The van der Waals surface area contributed by atoms with Crippen LogP contribution in [0.3, 0.4) is 0 Å². The molecule has 2 unspecified atom stereocenters. The molecule has 0 saturated heterocycles. The van der Waals surface area contributed by atoms with Gasteiger partial charge in [-0.15, -0.1) is 0 Å². The van der Waals surface area contributed by atoms with Crippen LogP contribution in [0, 0.1) is 5.82 Å². The van der Waals surface area contributed by atoms with Gasteiger partial charge in [-0.05, 0) is 38.2 Å². The monoisotopic (exact) mass is 344 g/mol. The van der Waals surface area contributed by atoms with Gasteiger partial charge in [-0.25, -0.2) is 9.37 Å². The Morgan fingerprint density at radius 2 is 2.08 bits per heavy atom. The average molecular weight is 344 g/mol. The number of hydrogen-bond donors (Lipinski definition) is 2. The molecule has 3 heterocycles. The SMILES string of the molecule is NC1CCC(c2nc3c(cc2F)c(=O)c2c(=O)[nH]oc2n3C2CC2)C1. The maximum Gasteiger partial charge on any atom is 0.293 e. The van der Waals surface area contributed by atoms with Gasteiger partial charge in [0.05, 0.1) is 11.1 Å². The first-order chi connectivity index (χ1) is 12.0. The molecule has 130 valence electrons. The lowest BCUT2D eigenvalue weighted by Gasteiger charge is -2.14. The third-order valence-electron chi connectivity index (χ3n) is 5.35. The molecule has 3 N–H and O–H groups in total. The Balaban J connectivity index is 1.86. The van der Waals surface area contributed by atoms with Crippen LogP contribution in [0.5, 0.6) is 0 Å². The number of hydrogen-bond acceptors (Lipinski definition) is 5. The fourth-order valence-electron chi connectivity index (χ4n) is 3.96. The molecule has 2 saturated carbocycles. The lowest BCUT2D eigenvalue weighted by Crippen LogP contribution is -2.18. The smallest absolute Gasteiger partial charge is 0.293 e. The van der Waals surface area contributed by atoms with Crippen LogP contribution in [0.2, 0.25) is 0 Å². The van der Waals surface area contributed by atoms with Gasteiger partial charge < -0.3 is 10.3 Å². The zero-order chi connectivity index (χ0) is 17.3. The molecule has 2 aliphatic rings. The van der Waals surface area contributed by atoms with E-state index < -0.39 is 16.8 Å². The first-order valence-corrected chi connectivity index (χ1v) is 8.56. The molecule has 3 aromatic rings.